The Morgan fingerprint density at radius 1 is 0.857 bits per heavy atom. The molecule has 0 saturated heterocycles. The van der Waals surface area contributed by atoms with Gasteiger partial charge in [-0.2, -0.15) is 0 Å². The molecule has 28 heavy (non-hydrogen) atoms. The predicted molar refractivity (Wildman–Crippen MR) is 116 cm³/mol. The summed E-state index contributed by atoms with van der Waals surface area (Å²) in [6, 6.07) is 12.1. The molecule has 0 unspecified atom stereocenters. The summed E-state index contributed by atoms with van der Waals surface area (Å²) in [4.78, 5) is 11.9. The minimum Gasteiger partial charge on any atom is -0.488 e. The van der Waals surface area contributed by atoms with Gasteiger partial charge < -0.3 is 9.84 Å². The average molecular weight is 383 g/mol. The van der Waals surface area contributed by atoms with Crippen LogP contribution in [0.4, 0.5) is 0 Å². The van der Waals surface area contributed by atoms with E-state index in [9.17, 15) is 9.90 Å². The quantitative estimate of drug-likeness (QED) is 0.657. The average Bonchev–Trinajstić information content (AvgIpc) is 2.54. The molecule has 2 aromatic carbocycles. The Morgan fingerprint density at radius 2 is 1.39 bits per heavy atom. The molecule has 0 saturated carbocycles. The molecule has 0 heterocycles. The molecule has 0 amide bonds. The summed E-state index contributed by atoms with van der Waals surface area (Å²) in [7, 11) is 0. The number of hydrogen-bond donors (Lipinski definition) is 1. The number of carbonyl (C=O) groups is 1. The fraction of sp³-hybridized carbons (Fsp3) is 0.480. The van der Waals surface area contributed by atoms with E-state index in [2.05, 4.69) is 32.0 Å². The summed E-state index contributed by atoms with van der Waals surface area (Å²) in [6.45, 7) is 18.5. The van der Waals surface area contributed by atoms with Crippen LogP contribution in [0.3, 0.4) is 0 Å². The van der Waals surface area contributed by atoms with Crippen LogP contribution in [0.25, 0.3) is 0 Å². The van der Waals surface area contributed by atoms with Crippen molar-refractivity contribution in [2.75, 3.05) is 0 Å². The molecule has 2 rings (SSSR count). The van der Waals surface area contributed by atoms with E-state index in [-0.39, 0.29) is 16.4 Å². The van der Waals surface area contributed by atoms with Gasteiger partial charge >= 0.3 is 5.97 Å². The molecule has 152 valence electrons. The first-order valence-electron chi connectivity index (χ1n) is 9.81. The highest BCUT2D eigenvalue weighted by Gasteiger charge is 2.28. The molecular formula is C25H34O3. The topological polar surface area (TPSA) is 46.5 Å². The van der Waals surface area contributed by atoms with Crippen LogP contribution in [-0.2, 0) is 10.8 Å². The second kappa shape index (κ2) is 7.27. The lowest BCUT2D eigenvalue weighted by Gasteiger charge is -2.30. The van der Waals surface area contributed by atoms with Crippen LogP contribution in [0, 0.1) is 6.92 Å². The molecule has 0 aliphatic heterocycles. The largest absolute Gasteiger partial charge is 0.488 e. The van der Waals surface area contributed by atoms with Crippen LogP contribution in [0.1, 0.15) is 88.0 Å². The third-order valence-electron chi connectivity index (χ3n) is 5.09. The van der Waals surface area contributed by atoms with E-state index in [1.807, 2.05) is 66.7 Å². The van der Waals surface area contributed by atoms with Crippen LogP contribution in [0.5, 0.6) is 5.75 Å². The van der Waals surface area contributed by atoms with Crippen molar-refractivity contribution in [3.63, 3.8) is 0 Å². The molecule has 3 heteroatoms. The molecular weight excluding hydrogens is 348 g/mol. The van der Waals surface area contributed by atoms with E-state index in [1.54, 1.807) is 0 Å². The highest BCUT2D eigenvalue weighted by Crippen LogP contribution is 2.37. The number of rotatable bonds is 4. The molecule has 1 N–H and O–H groups in total. The van der Waals surface area contributed by atoms with Crippen LogP contribution in [0.2, 0.25) is 0 Å². The van der Waals surface area contributed by atoms with E-state index in [0.717, 1.165) is 28.0 Å². The molecule has 0 radical (unpaired) electrons. The number of aromatic carboxylic acids is 1. The molecule has 2 aromatic rings. The molecule has 0 aliphatic carbocycles. The Morgan fingerprint density at radius 3 is 1.86 bits per heavy atom. The van der Waals surface area contributed by atoms with Gasteiger partial charge in [0.2, 0.25) is 0 Å². The van der Waals surface area contributed by atoms with E-state index in [0.29, 0.717) is 5.56 Å². The lowest BCUT2D eigenvalue weighted by Crippen LogP contribution is -2.24. The van der Waals surface area contributed by atoms with Gasteiger partial charge in [0.15, 0.2) is 0 Å². The summed E-state index contributed by atoms with van der Waals surface area (Å²) >= 11 is 0. The van der Waals surface area contributed by atoms with Crippen molar-refractivity contribution in [3.8, 4) is 5.75 Å². The Kier molecular flexibility index (Phi) is 5.71. The second-order valence-electron chi connectivity index (χ2n) is 10.1. The van der Waals surface area contributed by atoms with Crippen LogP contribution in [0.15, 0.2) is 36.4 Å². The molecule has 3 nitrogen and oxygen atoms in total. The van der Waals surface area contributed by atoms with Crippen molar-refractivity contribution >= 4 is 5.97 Å². The summed E-state index contributed by atoms with van der Waals surface area (Å²) in [5.74, 6) is -0.00552. The van der Waals surface area contributed by atoms with Crippen molar-refractivity contribution in [1.82, 2.24) is 0 Å². The lowest BCUT2D eigenvalue weighted by molar-refractivity contribution is 0.0694. The minimum atomic E-state index is -0.882. The van der Waals surface area contributed by atoms with Crippen LogP contribution < -0.4 is 4.74 Å². The zero-order valence-corrected chi connectivity index (χ0v) is 18.7. The SMILES string of the molecule is Cc1cc(C(C)(C)c2ccc(C(C)(C)C)c(C(=O)O)c2)ccc1OC(C)(C)C. The smallest absolute Gasteiger partial charge is 0.335 e. The molecule has 0 bridgehead atoms. The third-order valence-corrected chi connectivity index (χ3v) is 5.09. The fourth-order valence-corrected chi connectivity index (χ4v) is 3.41. The van der Waals surface area contributed by atoms with E-state index in [4.69, 9.17) is 4.74 Å². The first-order valence-corrected chi connectivity index (χ1v) is 9.81. The zero-order valence-electron chi connectivity index (χ0n) is 18.7. The Labute approximate surface area is 169 Å². The summed E-state index contributed by atoms with van der Waals surface area (Å²) in [5.41, 5.74) is 3.62. The second-order valence-corrected chi connectivity index (χ2v) is 10.1. The highest BCUT2D eigenvalue weighted by molar-refractivity contribution is 5.90. The maximum atomic E-state index is 11.9. The zero-order chi connectivity index (χ0) is 21.5. The van der Waals surface area contributed by atoms with Gasteiger partial charge in [-0.15, -0.1) is 0 Å². The van der Waals surface area contributed by atoms with Gasteiger partial charge in [0.1, 0.15) is 11.4 Å². The molecule has 0 spiro atoms. The van der Waals surface area contributed by atoms with E-state index >= 15 is 0 Å². The maximum Gasteiger partial charge on any atom is 0.335 e. The van der Waals surface area contributed by atoms with Gasteiger partial charge in [-0.25, -0.2) is 4.79 Å². The van der Waals surface area contributed by atoms with E-state index in [1.165, 1.54) is 0 Å². The van der Waals surface area contributed by atoms with Gasteiger partial charge in [-0.1, -0.05) is 58.9 Å². The van der Waals surface area contributed by atoms with Gasteiger partial charge in [-0.05, 0) is 67.5 Å². The number of carboxylic acids is 1. The maximum absolute atomic E-state index is 11.9. The normalized spacial score (nSPS) is 12.8. The van der Waals surface area contributed by atoms with Gasteiger partial charge in [0.25, 0.3) is 0 Å². The molecule has 0 aliphatic rings. The summed E-state index contributed by atoms with van der Waals surface area (Å²) in [5, 5.41) is 9.76. The number of aryl methyl sites for hydroxylation is 1. The number of benzene rings is 2. The number of hydrogen-bond acceptors (Lipinski definition) is 2. The van der Waals surface area contributed by atoms with Crippen LogP contribution in [-0.4, -0.2) is 16.7 Å². The monoisotopic (exact) mass is 382 g/mol. The predicted octanol–water partition coefficient (Wildman–Crippen LogP) is 6.49. The summed E-state index contributed by atoms with van der Waals surface area (Å²) < 4.78 is 6.03. The number of ether oxygens (including phenoxy) is 1. The van der Waals surface area contributed by atoms with Crippen LogP contribution >= 0.6 is 0 Å². The van der Waals surface area contributed by atoms with Gasteiger partial charge in [0, 0.05) is 5.41 Å². The summed E-state index contributed by atoms with van der Waals surface area (Å²) in [6.07, 6.45) is 0. The Balaban J connectivity index is 2.51. The van der Waals surface area contributed by atoms with Crippen molar-refractivity contribution in [3.05, 3.63) is 64.2 Å². The molecule has 0 aromatic heterocycles. The first-order chi connectivity index (χ1) is 12.6. The van der Waals surface area contributed by atoms with Crippen molar-refractivity contribution in [2.24, 2.45) is 0 Å². The third kappa shape index (κ3) is 4.76. The van der Waals surface area contributed by atoms with E-state index < -0.39 is 5.97 Å². The van der Waals surface area contributed by atoms with Crippen molar-refractivity contribution in [2.45, 2.75) is 78.7 Å². The minimum absolute atomic E-state index is 0.223. The lowest BCUT2D eigenvalue weighted by atomic mass is 9.75. The Bertz CT molecular complexity index is 878. The van der Waals surface area contributed by atoms with Gasteiger partial charge in [0.05, 0.1) is 5.56 Å². The van der Waals surface area contributed by atoms with Crippen molar-refractivity contribution in [1.29, 1.82) is 0 Å². The number of carboxylic acid groups (broad SMARTS) is 1. The standard InChI is InChI=1S/C25H34O3/c1-16-14-17(11-13-21(16)28-24(5,6)7)25(8,9)18-10-12-20(23(2,3)4)19(15-18)22(26)27/h10-15H,1-9H3,(H,26,27). The molecule has 0 fully saturated rings. The highest BCUT2D eigenvalue weighted by atomic mass is 16.5. The Hall–Kier alpha value is -2.29. The fourth-order valence-electron chi connectivity index (χ4n) is 3.41. The molecule has 0 atom stereocenters. The first kappa shape index (κ1) is 22.0. The van der Waals surface area contributed by atoms with Gasteiger partial charge in [-0.3, -0.25) is 0 Å². The van der Waals surface area contributed by atoms with Crippen molar-refractivity contribution < 1.29 is 14.6 Å².